The SMILES string of the molecule is CC1=C[N]N(C)C1. The van der Waals surface area contributed by atoms with Gasteiger partial charge in [0.2, 0.25) is 0 Å². The minimum absolute atomic E-state index is 1.00. The van der Waals surface area contributed by atoms with E-state index in [0.29, 0.717) is 0 Å². The van der Waals surface area contributed by atoms with E-state index in [1.807, 2.05) is 18.3 Å². The van der Waals surface area contributed by atoms with Crippen molar-refractivity contribution in [1.29, 1.82) is 0 Å². The molecule has 0 atom stereocenters. The molecule has 0 fully saturated rings. The van der Waals surface area contributed by atoms with Gasteiger partial charge in [0, 0.05) is 19.8 Å². The molecule has 0 aromatic carbocycles. The zero-order chi connectivity index (χ0) is 5.28. The van der Waals surface area contributed by atoms with Crippen molar-refractivity contribution in [2.75, 3.05) is 13.6 Å². The van der Waals surface area contributed by atoms with Crippen LogP contribution in [0, 0.1) is 0 Å². The lowest BCUT2D eigenvalue weighted by molar-refractivity contribution is 0.320. The summed E-state index contributed by atoms with van der Waals surface area (Å²) in [4.78, 5) is 0. The molecule has 1 heterocycles. The van der Waals surface area contributed by atoms with E-state index in [4.69, 9.17) is 0 Å². The van der Waals surface area contributed by atoms with Crippen molar-refractivity contribution in [2.24, 2.45) is 0 Å². The van der Waals surface area contributed by atoms with E-state index in [2.05, 4.69) is 12.3 Å². The first-order valence-corrected chi connectivity index (χ1v) is 2.36. The van der Waals surface area contributed by atoms with E-state index in [-0.39, 0.29) is 0 Å². The Morgan fingerprint density at radius 1 is 1.86 bits per heavy atom. The fraction of sp³-hybridized carbons (Fsp3) is 0.600. The summed E-state index contributed by atoms with van der Waals surface area (Å²) in [5.41, 5.74) is 5.32. The molecule has 39 valence electrons. The monoisotopic (exact) mass is 97.1 g/mol. The lowest BCUT2D eigenvalue weighted by Gasteiger charge is -2.01. The molecular formula is C5H9N2. The van der Waals surface area contributed by atoms with Crippen LogP contribution in [0.15, 0.2) is 11.8 Å². The predicted molar refractivity (Wildman–Crippen MR) is 28.5 cm³/mol. The standard InChI is InChI=1S/C5H9N2/c1-5-3-6-7(2)4-5/h3H,4H2,1-2H3. The van der Waals surface area contributed by atoms with Crippen LogP contribution in [-0.4, -0.2) is 18.6 Å². The van der Waals surface area contributed by atoms with E-state index >= 15 is 0 Å². The Morgan fingerprint density at radius 2 is 2.57 bits per heavy atom. The highest BCUT2D eigenvalue weighted by Gasteiger charge is 2.03. The van der Waals surface area contributed by atoms with Gasteiger partial charge in [-0.05, 0) is 12.5 Å². The first-order chi connectivity index (χ1) is 3.29. The number of nitrogens with zero attached hydrogens (tertiary/aromatic N) is 2. The van der Waals surface area contributed by atoms with Crippen molar-refractivity contribution < 1.29 is 0 Å². The molecule has 0 unspecified atom stereocenters. The smallest absolute Gasteiger partial charge is 0.0423 e. The molecule has 0 saturated heterocycles. The number of hydrogen-bond donors (Lipinski definition) is 0. The van der Waals surface area contributed by atoms with Crippen LogP contribution in [0.1, 0.15) is 6.92 Å². The van der Waals surface area contributed by atoms with Crippen molar-refractivity contribution in [3.05, 3.63) is 11.8 Å². The largest absolute Gasteiger partial charge is 0.208 e. The van der Waals surface area contributed by atoms with Gasteiger partial charge >= 0.3 is 0 Å². The number of rotatable bonds is 0. The van der Waals surface area contributed by atoms with Crippen molar-refractivity contribution in [1.82, 2.24) is 10.4 Å². The first-order valence-electron chi connectivity index (χ1n) is 2.36. The first kappa shape index (κ1) is 4.65. The van der Waals surface area contributed by atoms with Crippen LogP contribution in [0.5, 0.6) is 0 Å². The Bertz CT molecular complexity index is 96.3. The zero-order valence-electron chi connectivity index (χ0n) is 4.68. The summed E-state index contributed by atoms with van der Waals surface area (Å²) >= 11 is 0. The summed E-state index contributed by atoms with van der Waals surface area (Å²) in [5.74, 6) is 0. The Labute approximate surface area is 43.8 Å². The van der Waals surface area contributed by atoms with Crippen molar-refractivity contribution in [3.8, 4) is 0 Å². The molecule has 0 spiro atoms. The lowest BCUT2D eigenvalue weighted by Crippen LogP contribution is -2.18. The Kier molecular flexibility index (Phi) is 1.02. The average molecular weight is 97.1 g/mol. The molecule has 0 aliphatic carbocycles. The highest BCUT2D eigenvalue weighted by Crippen LogP contribution is 1.99. The molecule has 0 aromatic heterocycles. The molecule has 0 saturated carbocycles. The van der Waals surface area contributed by atoms with Crippen LogP contribution in [0.25, 0.3) is 0 Å². The molecule has 1 aliphatic rings. The van der Waals surface area contributed by atoms with Gasteiger partial charge in [0.1, 0.15) is 0 Å². The average Bonchev–Trinajstić information content (AvgIpc) is 1.87. The fourth-order valence-electron chi connectivity index (χ4n) is 0.640. The van der Waals surface area contributed by atoms with Crippen molar-refractivity contribution in [3.63, 3.8) is 0 Å². The minimum atomic E-state index is 1.00. The van der Waals surface area contributed by atoms with Gasteiger partial charge < -0.3 is 0 Å². The Balaban J connectivity index is 2.42. The van der Waals surface area contributed by atoms with E-state index in [9.17, 15) is 0 Å². The maximum Gasteiger partial charge on any atom is 0.0423 e. The van der Waals surface area contributed by atoms with Crippen LogP contribution in [0.2, 0.25) is 0 Å². The quantitative estimate of drug-likeness (QED) is 0.426. The van der Waals surface area contributed by atoms with E-state index in [0.717, 1.165) is 6.54 Å². The number of hydrogen-bond acceptors (Lipinski definition) is 1. The normalized spacial score (nSPS) is 21.7. The molecule has 0 N–H and O–H groups in total. The summed E-state index contributed by atoms with van der Waals surface area (Å²) < 4.78 is 0. The van der Waals surface area contributed by atoms with E-state index < -0.39 is 0 Å². The summed E-state index contributed by atoms with van der Waals surface area (Å²) in [6.45, 7) is 3.08. The van der Waals surface area contributed by atoms with Gasteiger partial charge in [-0.1, -0.05) is 0 Å². The van der Waals surface area contributed by atoms with Crippen molar-refractivity contribution in [2.45, 2.75) is 6.92 Å². The van der Waals surface area contributed by atoms with Gasteiger partial charge in [0.25, 0.3) is 0 Å². The molecule has 0 amide bonds. The van der Waals surface area contributed by atoms with Crippen LogP contribution in [0.4, 0.5) is 0 Å². The summed E-state index contributed by atoms with van der Waals surface area (Å²) in [5, 5.41) is 1.91. The molecule has 2 nitrogen and oxygen atoms in total. The maximum atomic E-state index is 3.99. The Hall–Kier alpha value is -0.500. The molecule has 2 heteroatoms. The predicted octanol–water partition coefficient (Wildman–Crippen LogP) is 0.355. The van der Waals surface area contributed by atoms with Crippen LogP contribution < -0.4 is 5.43 Å². The summed E-state index contributed by atoms with van der Waals surface area (Å²) in [6, 6.07) is 0. The molecular weight excluding hydrogens is 88.1 g/mol. The molecule has 1 rings (SSSR count). The summed E-state index contributed by atoms with van der Waals surface area (Å²) in [7, 11) is 1.97. The molecule has 1 aliphatic heterocycles. The third-order valence-electron chi connectivity index (χ3n) is 0.953. The van der Waals surface area contributed by atoms with Gasteiger partial charge in [-0.15, -0.1) is 0 Å². The third-order valence-corrected chi connectivity index (χ3v) is 0.953. The second-order valence-electron chi connectivity index (χ2n) is 1.91. The van der Waals surface area contributed by atoms with E-state index in [1.165, 1.54) is 5.57 Å². The molecule has 0 bridgehead atoms. The van der Waals surface area contributed by atoms with Gasteiger partial charge in [-0.25, -0.2) is 5.43 Å². The highest BCUT2D eigenvalue weighted by atomic mass is 15.5. The van der Waals surface area contributed by atoms with Gasteiger partial charge in [-0.2, -0.15) is 5.01 Å². The highest BCUT2D eigenvalue weighted by molar-refractivity contribution is 5.02. The minimum Gasteiger partial charge on any atom is -0.208 e. The maximum absolute atomic E-state index is 3.99. The number of likely N-dealkylation sites (N-methyl/N-ethyl adjacent to an activating group) is 1. The molecule has 0 aromatic rings. The van der Waals surface area contributed by atoms with Crippen LogP contribution in [0.3, 0.4) is 0 Å². The molecule has 7 heavy (non-hydrogen) atoms. The molecule has 1 radical (unpaired) electrons. The fourth-order valence-corrected chi connectivity index (χ4v) is 0.640. The van der Waals surface area contributed by atoms with Gasteiger partial charge in [-0.3, -0.25) is 0 Å². The van der Waals surface area contributed by atoms with Crippen LogP contribution >= 0.6 is 0 Å². The van der Waals surface area contributed by atoms with Gasteiger partial charge in [0.15, 0.2) is 0 Å². The van der Waals surface area contributed by atoms with Crippen molar-refractivity contribution >= 4 is 0 Å². The second-order valence-corrected chi connectivity index (χ2v) is 1.91. The third kappa shape index (κ3) is 0.933. The van der Waals surface area contributed by atoms with Crippen LogP contribution in [-0.2, 0) is 0 Å². The zero-order valence-corrected chi connectivity index (χ0v) is 4.68. The Morgan fingerprint density at radius 3 is 2.71 bits per heavy atom. The second kappa shape index (κ2) is 1.54. The van der Waals surface area contributed by atoms with Gasteiger partial charge in [0.05, 0.1) is 0 Å². The lowest BCUT2D eigenvalue weighted by atomic mass is 10.3. The summed E-state index contributed by atoms with van der Waals surface area (Å²) in [6.07, 6.45) is 1.89. The topological polar surface area (TPSA) is 17.3 Å². The van der Waals surface area contributed by atoms with E-state index in [1.54, 1.807) is 0 Å².